The largest absolute Gasteiger partial charge is 0.455 e. The zero-order chi connectivity index (χ0) is 16.1. The second-order valence-corrected chi connectivity index (χ2v) is 6.76. The summed E-state index contributed by atoms with van der Waals surface area (Å²) >= 11 is 0. The third-order valence-electron chi connectivity index (χ3n) is 4.89. The van der Waals surface area contributed by atoms with Crippen LogP contribution in [0.4, 0.5) is 0 Å². The number of rotatable bonds is 5. The second-order valence-electron chi connectivity index (χ2n) is 6.76. The van der Waals surface area contributed by atoms with Crippen LogP contribution in [0.5, 0.6) is 0 Å². The van der Waals surface area contributed by atoms with Gasteiger partial charge in [0.15, 0.2) is 5.76 Å². The minimum absolute atomic E-state index is 0.426. The van der Waals surface area contributed by atoms with Crippen LogP contribution in [0.3, 0.4) is 0 Å². The van der Waals surface area contributed by atoms with E-state index in [1.54, 1.807) is 6.92 Å². The van der Waals surface area contributed by atoms with Crippen molar-refractivity contribution in [3.05, 3.63) is 47.7 Å². The molecule has 1 aliphatic rings. The maximum absolute atomic E-state index is 9.58. The van der Waals surface area contributed by atoms with Crippen molar-refractivity contribution in [1.82, 2.24) is 0 Å². The SMILES string of the molecule is C[C@@H](O)c1ccc(-c2ccc(C[NH2+]C3CCCCCC3)o2)cc1. The first-order valence-corrected chi connectivity index (χ1v) is 8.93. The summed E-state index contributed by atoms with van der Waals surface area (Å²) in [4.78, 5) is 0. The van der Waals surface area contributed by atoms with Crippen LogP contribution in [0.1, 0.15) is 62.9 Å². The van der Waals surface area contributed by atoms with E-state index in [9.17, 15) is 5.11 Å². The standard InChI is InChI=1S/C20H27NO2/c1-15(22)16-8-10-17(11-9-16)20-13-12-19(23-20)14-21-18-6-4-2-3-5-7-18/h8-13,15,18,21-22H,2-7,14H2,1H3/p+1/t15-/m1/s1. The van der Waals surface area contributed by atoms with Gasteiger partial charge in [-0.15, -0.1) is 0 Å². The highest BCUT2D eigenvalue weighted by molar-refractivity contribution is 5.58. The fourth-order valence-corrected chi connectivity index (χ4v) is 3.40. The molecule has 3 nitrogen and oxygen atoms in total. The molecule has 0 unspecified atom stereocenters. The molecule has 1 fully saturated rings. The molecule has 1 saturated carbocycles. The molecule has 2 aromatic rings. The van der Waals surface area contributed by atoms with Gasteiger partial charge < -0.3 is 14.8 Å². The quantitative estimate of drug-likeness (QED) is 0.825. The molecule has 0 amide bonds. The minimum atomic E-state index is -0.426. The molecule has 0 spiro atoms. The number of hydrogen-bond donors (Lipinski definition) is 2. The van der Waals surface area contributed by atoms with Gasteiger partial charge in [0, 0.05) is 5.56 Å². The van der Waals surface area contributed by atoms with Gasteiger partial charge in [-0.1, -0.05) is 37.1 Å². The lowest BCUT2D eigenvalue weighted by molar-refractivity contribution is -0.707. The zero-order valence-electron chi connectivity index (χ0n) is 14.0. The normalized spacial score (nSPS) is 17.8. The van der Waals surface area contributed by atoms with Crippen LogP contribution >= 0.6 is 0 Å². The van der Waals surface area contributed by atoms with Crippen LogP contribution in [-0.2, 0) is 6.54 Å². The highest BCUT2D eigenvalue weighted by atomic mass is 16.3. The number of aliphatic hydroxyl groups is 1. The van der Waals surface area contributed by atoms with Crippen LogP contribution in [0.15, 0.2) is 40.8 Å². The van der Waals surface area contributed by atoms with Crippen molar-refractivity contribution >= 4 is 0 Å². The summed E-state index contributed by atoms with van der Waals surface area (Å²) in [7, 11) is 0. The van der Waals surface area contributed by atoms with Gasteiger partial charge in [-0.3, -0.25) is 0 Å². The van der Waals surface area contributed by atoms with E-state index in [1.165, 1.54) is 38.5 Å². The summed E-state index contributed by atoms with van der Waals surface area (Å²) in [5.74, 6) is 1.95. The van der Waals surface area contributed by atoms with Crippen LogP contribution < -0.4 is 5.32 Å². The number of hydrogen-bond acceptors (Lipinski definition) is 2. The number of nitrogens with two attached hydrogens (primary N) is 1. The molecule has 1 aliphatic carbocycles. The monoisotopic (exact) mass is 314 g/mol. The lowest BCUT2D eigenvalue weighted by atomic mass is 10.1. The molecule has 124 valence electrons. The fraction of sp³-hybridized carbons (Fsp3) is 0.500. The van der Waals surface area contributed by atoms with Gasteiger partial charge in [0.2, 0.25) is 0 Å². The number of aliphatic hydroxyl groups excluding tert-OH is 1. The van der Waals surface area contributed by atoms with E-state index in [0.717, 1.165) is 35.2 Å². The van der Waals surface area contributed by atoms with Crippen molar-refractivity contribution in [3.63, 3.8) is 0 Å². The van der Waals surface area contributed by atoms with Gasteiger partial charge in [0.1, 0.15) is 12.3 Å². The average molecular weight is 314 g/mol. The Labute approximate surface area is 138 Å². The first kappa shape index (κ1) is 16.3. The summed E-state index contributed by atoms with van der Waals surface area (Å²) < 4.78 is 6.00. The third kappa shape index (κ3) is 4.46. The number of quaternary nitrogens is 1. The maximum atomic E-state index is 9.58. The maximum Gasteiger partial charge on any atom is 0.158 e. The van der Waals surface area contributed by atoms with E-state index in [-0.39, 0.29) is 0 Å². The van der Waals surface area contributed by atoms with Crippen molar-refractivity contribution in [3.8, 4) is 11.3 Å². The van der Waals surface area contributed by atoms with Crippen molar-refractivity contribution in [1.29, 1.82) is 0 Å². The fourth-order valence-electron chi connectivity index (χ4n) is 3.40. The van der Waals surface area contributed by atoms with E-state index in [1.807, 2.05) is 30.3 Å². The van der Waals surface area contributed by atoms with Gasteiger partial charge in [-0.25, -0.2) is 0 Å². The first-order valence-electron chi connectivity index (χ1n) is 8.93. The molecule has 3 heteroatoms. The van der Waals surface area contributed by atoms with Crippen molar-refractivity contribution in [2.24, 2.45) is 0 Å². The Morgan fingerprint density at radius 2 is 1.74 bits per heavy atom. The molecule has 0 aliphatic heterocycles. The summed E-state index contributed by atoms with van der Waals surface area (Å²) in [6, 6.07) is 12.8. The smallest absolute Gasteiger partial charge is 0.158 e. The Morgan fingerprint density at radius 3 is 2.39 bits per heavy atom. The highest BCUT2D eigenvalue weighted by Crippen LogP contribution is 2.24. The molecule has 1 aromatic heterocycles. The van der Waals surface area contributed by atoms with Crippen molar-refractivity contribution in [2.75, 3.05) is 0 Å². The molecule has 1 heterocycles. The summed E-state index contributed by atoms with van der Waals surface area (Å²) in [5.41, 5.74) is 2.00. The Kier molecular flexibility index (Phi) is 5.52. The minimum Gasteiger partial charge on any atom is -0.455 e. The number of benzene rings is 1. The van der Waals surface area contributed by atoms with Gasteiger partial charge in [-0.05, 0) is 50.3 Å². The summed E-state index contributed by atoms with van der Waals surface area (Å²) in [5, 5.41) is 12.0. The first-order chi connectivity index (χ1) is 11.2. The van der Waals surface area contributed by atoms with Crippen LogP contribution in [0.2, 0.25) is 0 Å². The topological polar surface area (TPSA) is 50.0 Å². The van der Waals surface area contributed by atoms with Gasteiger partial charge in [0.05, 0.1) is 12.1 Å². The molecule has 23 heavy (non-hydrogen) atoms. The summed E-state index contributed by atoms with van der Waals surface area (Å²) in [6.45, 7) is 2.71. The Bertz CT molecular complexity index is 592. The Morgan fingerprint density at radius 1 is 1.04 bits per heavy atom. The lowest BCUT2D eigenvalue weighted by Gasteiger charge is -2.11. The zero-order valence-corrected chi connectivity index (χ0v) is 14.0. The van der Waals surface area contributed by atoms with Crippen LogP contribution in [-0.4, -0.2) is 11.1 Å². The van der Waals surface area contributed by atoms with Crippen LogP contribution in [0.25, 0.3) is 11.3 Å². The highest BCUT2D eigenvalue weighted by Gasteiger charge is 2.15. The predicted octanol–water partition coefficient (Wildman–Crippen LogP) is 3.79. The average Bonchev–Trinajstić information content (AvgIpc) is 2.88. The van der Waals surface area contributed by atoms with E-state index >= 15 is 0 Å². The van der Waals surface area contributed by atoms with Gasteiger partial charge >= 0.3 is 0 Å². The van der Waals surface area contributed by atoms with Crippen molar-refractivity contribution in [2.45, 2.75) is 64.1 Å². The molecule has 1 atom stereocenters. The van der Waals surface area contributed by atoms with E-state index < -0.39 is 6.10 Å². The van der Waals surface area contributed by atoms with Crippen molar-refractivity contribution < 1.29 is 14.8 Å². The molecule has 0 radical (unpaired) electrons. The second kappa shape index (κ2) is 7.80. The molecular weight excluding hydrogens is 286 g/mol. The molecule has 3 rings (SSSR count). The Hall–Kier alpha value is -1.58. The van der Waals surface area contributed by atoms with Gasteiger partial charge in [0.25, 0.3) is 0 Å². The third-order valence-corrected chi connectivity index (χ3v) is 4.89. The van der Waals surface area contributed by atoms with Gasteiger partial charge in [-0.2, -0.15) is 0 Å². The molecule has 0 bridgehead atoms. The molecular formula is C20H28NO2+. The Balaban J connectivity index is 1.59. The molecule has 3 N–H and O–H groups in total. The van der Waals surface area contributed by atoms with Crippen LogP contribution in [0, 0.1) is 0 Å². The lowest BCUT2D eigenvalue weighted by Crippen LogP contribution is -2.88. The van der Waals surface area contributed by atoms with E-state index in [2.05, 4.69) is 11.4 Å². The van der Waals surface area contributed by atoms with E-state index in [0.29, 0.717) is 0 Å². The predicted molar refractivity (Wildman–Crippen MR) is 91.9 cm³/mol. The molecule has 0 saturated heterocycles. The summed E-state index contributed by atoms with van der Waals surface area (Å²) in [6.07, 6.45) is 7.81. The molecule has 1 aromatic carbocycles. The number of furan rings is 1. The van der Waals surface area contributed by atoms with E-state index in [4.69, 9.17) is 4.42 Å².